The average Bonchev–Trinajstić information content (AvgIpc) is 2.64. The summed E-state index contributed by atoms with van der Waals surface area (Å²) < 4.78 is 41.4. The molecule has 146 valence electrons. The Kier molecular flexibility index (Phi) is 5.55. The molecule has 0 saturated heterocycles. The van der Waals surface area contributed by atoms with Gasteiger partial charge < -0.3 is 5.32 Å². The normalized spacial score (nSPS) is 12.8. The van der Waals surface area contributed by atoms with Crippen LogP contribution < -0.4 is 10.9 Å². The quantitative estimate of drug-likeness (QED) is 0.647. The monoisotopic (exact) mass is 453 g/mol. The summed E-state index contributed by atoms with van der Waals surface area (Å²) in [5.74, 6) is -0.577. The first-order valence-corrected chi connectivity index (χ1v) is 9.08. The fraction of sp³-hybridized carbons (Fsp3) is 0.211. The lowest BCUT2D eigenvalue weighted by Crippen LogP contribution is -2.38. The number of halogens is 4. The molecule has 3 rings (SSSR count). The molecule has 0 aliphatic rings. The molecule has 0 aliphatic carbocycles. The first kappa shape index (κ1) is 20.1. The van der Waals surface area contributed by atoms with E-state index in [0.717, 1.165) is 14.6 Å². The summed E-state index contributed by atoms with van der Waals surface area (Å²) in [7, 11) is 0. The van der Waals surface area contributed by atoms with Gasteiger partial charge >= 0.3 is 6.18 Å². The predicted molar refractivity (Wildman–Crippen MR) is 102 cm³/mol. The van der Waals surface area contributed by atoms with Crippen molar-refractivity contribution in [2.45, 2.75) is 25.7 Å². The number of alkyl halides is 3. The second kappa shape index (κ2) is 7.75. The first-order valence-electron chi connectivity index (χ1n) is 8.29. The number of hydrogen-bond acceptors (Lipinski definition) is 3. The lowest BCUT2D eigenvalue weighted by molar-refractivity contribution is -0.142. The van der Waals surface area contributed by atoms with E-state index in [2.05, 4.69) is 26.2 Å². The van der Waals surface area contributed by atoms with Crippen molar-refractivity contribution in [2.24, 2.45) is 0 Å². The minimum atomic E-state index is -4.92. The molecule has 0 radical (unpaired) electrons. The van der Waals surface area contributed by atoms with Gasteiger partial charge in [0.25, 0.3) is 5.56 Å². The molecule has 1 aromatic heterocycles. The molecule has 0 unspecified atom stereocenters. The Balaban J connectivity index is 1.98. The summed E-state index contributed by atoms with van der Waals surface area (Å²) >= 11 is 3.33. The van der Waals surface area contributed by atoms with Gasteiger partial charge in [-0.25, -0.2) is 4.98 Å². The van der Waals surface area contributed by atoms with E-state index in [4.69, 9.17) is 0 Å². The molecule has 1 atom stereocenters. The largest absolute Gasteiger partial charge is 0.438 e. The van der Waals surface area contributed by atoms with Gasteiger partial charge in [0.1, 0.15) is 6.04 Å². The maximum absolute atomic E-state index is 13.2. The van der Waals surface area contributed by atoms with Crippen molar-refractivity contribution in [3.05, 3.63) is 74.6 Å². The second-order valence-electron chi connectivity index (χ2n) is 6.15. The van der Waals surface area contributed by atoms with Crippen LogP contribution >= 0.6 is 15.9 Å². The van der Waals surface area contributed by atoms with Crippen LogP contribution in [0.3, 0.4) is 0 Å². The van der Waals surface area contributed by atoms with Gasteiger partial charge in [-0.15, -0.1) is 0 Å². The van der Waals surface area contributed by atoms with Crippen LogP contribution in [0, 0.1) is 0 Å². The minimum absolute atomic E-state index is 0.0129. The smallest absolute Gasteiger partial charge is 0.350 e. The van der Waals surface area contributed by atoms with Crippen LogP contribution in [0.25, 0.3) is 11.0 Å². The molecule has 0 bridgehead atoms. The van der Waals surface area contributed by atoms with Crippen molar-refractivity contribution in [3.63, 3.8) is 0 Å². The molecule has 0 spiro atoms. The molecule has 3 aromatic rings. The number of para-hydroxylation sites is 2. The molecule has 0 aliphatic heterocycles. The van der Waals surface area contributed by atoms with Gasteiger partial charge in [0.15, 0.2) is 0 Å². The summed E-state index contributed by atoms with van der Waals surface area (Å²) in [4.78, 5) is 28.5. The summed E-state index contributed by atoms with van der Waals surface area (Å²) in [6.07, 6.45) is -4.92. The SMILES string of the molecule is C[C@@H](C(=O)NCc1cccc(Br)c1)n1c(=O)c(C(F)(F)F)nc2ccccc21. The standard InChI is InChI=1S/C19H15BrF3N3O2/c1-11(17(27)24-10-12-5-4-6-13(20)9-12)26-15-8-3-2-7-14(15)25-16(18(26)28)19(21,22)23/h2-9,11H,10H2,1H3,(H,24,27)/t11-/m0/s1. The number of rotatable bonds is 4. The lowest BCUT2D eigenvalue weighted by Gasteiger charge is -2.19. The summed E-state index contributed by atoms with van der Waals surface area (Å²) in [6, 6.07) is 12.0. The third kappa shape index (κ3) is 4.09. The first-order chi connectivity index (χ1) is 13.2. The number of hydrogen-bond donors (Lipinski definition) is 1. The van der Waals surface area contributed by atoms with E-state index >= 15 is 0 Å². The van der Waals surface area contributed by atoms with Crippen LogP contribution in [0.15, 0.2) is 57.8 Å². The number of carbonyl (C=O) groups excluding carboxylic acids is 1. The van der Waals surface area contributed by atoms with E-state index < -0.39 is 29.4 Å². The third-order valence-corrected chi connectivity index (χ3v) is 4.68. The zero-order valence-electron chi connectivity index (χ0n) is 14.6. The van der Waals surface area contributed by atoms with E-state index in [1.165, 1.54) is 25.1 Å². The van der Waals surface area contributed by atoms with Crippen LogP contribution in [-0.4, -0.2) is 15.5 Å². The molecule has 1 heterocycles. The van der Waals surface area contributed by atoms with Crippen LogP contribution in [-0.2, 0) is 17.5 Å². The number of carbonyl (C=O) groups is 1. The zero-order valence-corrected chi connectivity index (χ0v) is 16.2. The number of aromatic nitrogens is 2. The highest BCUT2D eigenvalue weighted by Gasteiger charge is 2.38. The Morgan fingerprint density at radius 1 is 1.21 bits per heavy atom. The predicted octanol–water partition coefficient (Wildman–Crippen LogP) is 4.06. The molecule has 2 aromatic carbocycles. The van der Waals surface area contributed by atoms with Crippen molar-refractivity contribution in [3.8, 4) is 0 Å². The maximum Gasteiger partial charge on any atom is 0.438 e. The molecule has 0 fully saturated rings. The van der Waals surface area contributed by atoms with Gasteiger partial charge in [-0.05, 0) is 36.8 Å². The Hall–Kier alpha value is -2.68. The molecule has 1 N–H and O–H groups in total. The Bertz CT molecular complexity index is 1100. The Morgan fingerprint density at radius 2 is 1.93 bits per heavy atom. The van der Waals surface area contributed by atoms with Crippen LogP contribution in [0.5, 0.6) is 0 Å². The number of benzene rings is 2. The van der Waals surface area contributed by atoms with E-state index in [1.807, 2.05) is 6.07 Å². The highest BCUT2D eigenvalue weighted by Crippen LogP contribution is 2.27. The maximum atomic E-state index is 13.2. The Labute approximate surface area is 166 Å². The van der Waals surface area contributed by atoms with E-state index in [1.54, 1.807) is 24.3 Å². The number of fused-ring (bicyclic) bond motifs is 1. The van der Waals surface area contributed by atoms with Gasteiger partial charge in [-0.1, -0.05) is 40.2 Å². The molecular weight excluding hydrogens is 439 g/mol. The van der Waals surface area contributed by atoms with Gasteiger partial charge in [0.05, 0.1) is 11.0 Å². The summed E-state index contributed by atoms with van der Waals surface area (Å²) in [6.45, 7) is 1.55. The van der Waals surface area contributed by atoms with Crippen molar-refractivity contribution < 1.29 is 18.0 Å². The van der Waals surface area contributed by atoms with Gasteiger partial charge in [0.2, 0.25) is 11.6 Å². The van der Waals surface area contributed by atoms with Crippen LogP contribution in [0.1, 0.15) is 24.2 Å². The van der Waals surface area contributed by atoms with Crippen molar-refractivity contribution in [2.75, 3.05) is 0 Å². The molecule has 0 saturated carbocycles. The third-order valence-electron chi connectivity index (χ3n) is 4.19. The van der Waals surface area contributed by atoms with Gasteiger partial charge in [0, 0.05) is 11.0 Å². The van der Waals surface area contributed by atoms with Gasteiger partial charge in [-0.3, -0.25) is 14.2 Å². The second-order valence-corrected chi connectivity index (χ2v) is 7.06. The average molecular weight is 454 g/mol. The highest BCUT2D eigenvalue weighted by atomic mass is 79.9. The Morgan fingerprint density at radius 3 is 2.61 bits per heavy atom. The van der Waals surface area contributed by atoms with Crippen LogP contribution in [0.4, 0.5) is 13.2 Å². The molecule has 9 heteroatoms. The molecular formula is C19H15BrF3N3O2. The molecule has 5 nitrogen and oxygen atoms in total. The van der Waals surface area contributed by atoms with Crippen molar-refractivity contribution >= 4 is 32.9 Å². The summed E-state index contributed by atoms with van der Waals surface area (Å²) in [5.41, 5.74) is -1.95. The highest BCUT2D eigenvalue weighted by molar-refractivity contribution is 9.10. The number of nitrogens with one attached hydrogen (secondary N) is 1. The number of amides is 1. The minimum Gasteiger partial charge on any atom is -0.350 e. The van der Waals surface area contributed by atoms with Crippen molar-refractivity contribution in [1.29, 1.82) is 0 Å². The number of nitrogens with zero attached hydrogens (tertiary/aromatic N) is 2. The fourth-order valence-electron chi connectivity index (χ4n) is 2.82. The van der Waals surface area contributed by atoms with E-state index in [9.17, 15) is 22.8 Å². The molecule has 1 amide bonds. The van der Waals surface area contributed by atoms with Crippen molar-refractivity contribution in [1.82, 2.24) is 14.9 Å². The topological polar surface area (TPSA) is 64.0 Å². The summed E-state index contributed by atoms with van der Waals surface area (Å²) in [5, 5.41) is 2.65. The fourth-order valence-corrected chi connectivity index (χ4v) is 3.27. The van der Waals surface area contributed by atoms with Crippen LogP contribution in [0.2, 0.25) is 0 Å². The zero-order chi connectivity index (χ0) is 20.5. The van der Waals surface area contributed by atoms with E-state index in [-0.39, 0.29) is 17.6 Å². The molecule has 28 heavy (non-hydrogen) atoms. The lowest BCUT2D eigenvalue weighted by atomic mass is 10.2. The van der Waals surface area contributed by atoms with E-state index in [0.29, 0.717) is 0 Å². The van der Waals surface area contributed by atoms with Gasteiger partial charge in [-0.2, -0.15) is 13.2 Å².